The SMILES string of the molecule is O=C(c1cn[nH]c1)N1CCC(C2CCCCN2C(=O)c2cnc3[nH]ccc3c2)C1. The number of hydrogen-bond acceptors (Lipinski definition) is 4. The third-order valence-corrected chi connectivity index (χ3v) is 6.26. The molecule has 150 valence electrons. The lowest BCUT2D eigenvalue weighted by atomic mass is 9.89. The maximum absolute atomic E-state index is 13.3. The molecule has 2 atom stereocenters. The van der Waals surface area contributed by atoms with Crippen molar-refractivity contribution in [2.45, 2.75) is 31.7 Å². The van der Waals surface area contributed by atoms with Crippen LogP contribution in [-0.4, -0.2) is 67.5 Å². The van der Waals surface area contributed by atoms with Gasteiger partial charge in [0.25, 0.3) is 11.8 Å². The maximum atomic E-state index is 13.3. The first-order valence-electron chi connectivity index (χ1n) is 10.2. The Bertz CT molecular complexity index is 1030. The number of nitrogens with one attached hydrogen (secondary N) is 2. The molecular formula is C21H24N6O2. The molecule has 2 fully saturated rings. The number of likely N-dealkylation sites (tertiary alicyclic amines) is 2. The van der Waals surface area contributed by atoms with E-state index in [1.807, 2.05) is 28.1 Å². The summed E-state index contributed by atoms with van der Waals surface area (Å²) in [6, 6.07) is 4.01. The predicted molar refractivity (Wildman–Crippen MR) is 107 cm³/mol. The zero-order valence-electron chi connectivity index (χ0n) is 16.2. The number of amides is 2. The highest BCUT2D eigenvalue weighted by atomic mass is 16.2. The van der Waals surface area contributed by atoms with E-state index in [0.29, 0.717) is 23.6 Å². The Hall–Kier alpha value is -3.16. The minimum Gasteiger partial charge on any atom is -0.346 e. The van der Waals surface area contributed by atoms with Gasteiger partial charge in [-0.3, -0.25) is 14.7 Å². The number of rotatable bonds is 3. The van der Waals surface area contributed by atoms with E-state index < -0.39 is 0 Å². The lowest BCUT2D eigenvalue weighted by molar-refractivity contribution is 0.0515. The predicted octanol–water partition coefficient (Wildman–Crippen LogP) is 2.44. The highest BCUT2D eigenvalue weighted by Gasteiger charge is 2.38. The summed E-state index contributed by atoms with van der Waals surface area (Å²) < 4.78 is 0. The first-order valence-corrected chi connectivity index (χ1v) is 10.2. The van der Waals surface area contributed by atoms with Gasteiger partial charge in [-0.1, -0.05) is 0 Å². The van der Waals surface area contributed by atoms with Crippen LogP contribution in [0.4, 0.5) is 0 Å². The zero-order valence-corrected chi connectivity index (χ0v) is 16.2. The van der Waals surface area contributed by atoms with Crippen molar-refractivity contribution in [1.29, 1.82) is 0 Å². The highest BCUT2D eigenvalue weighted by molar-refractivity contribution is 5.97. The molecule has 8 nitrogen and oxygen atoms in total. The molecule has 0 radical (unpaired) electrons. The molecular weight excluding hydrogens is 368 g/mol. The lowest BCUT2D eigenvalue weighted by Crippen LogP contribution is -2.48. The minimum atomic E-state index is 0.0112. The lowest BCUT2D eigenvalue weighted by Gasteiger charge is -2.39. The summed E-state index contributed by atoms with van der Waals surface area (Å²) >= 11 is 0. The average molecular weight is 392 g/mol. The Morgan fingerprint density at radius 2 is 2.00 bits per heavy atom. The van der Waals surface area contributed by atoms with E-state index in [9.17, 15) is 9.59 Å². The van der Waals surface area contributed by atoms with Gasteiger partial charge in [-0.05, 0) is 43.7 Å². The van der Waals surface area contributed by atoms with E-state index in [2.05, 4.69) is 20.2 Å². The number of hydrogen-bond donors (Lipinski definition) is 2. The molecule has 0 aromatic carbocycles. The molecule has 0 saturated carbocycles. The monoisotopic (exact) mass is 392 g/mol. The van der Waals surface area contributed by atoms with Crippen molar-refractivity contribution in [2.24, 2.45) is 5.92 Å². The van der Waals surface area contributed by atoms with Gasteiger partial charge < -0.3 is 14.8 Å². The van der Waals surface area contributed by atoms with Gasteiger partial charge in [0.2, 0.25) is 0 Å². The van der Waals surface area contributed by atoms with Gasteiger partial charge in [0, 0.05) is 49.7 Å². The average Bonchev–Trinajstić information content (AvgIpc) is 3.53. The largest absolute Gasteiger partial charge is 0.346 e. The van der Waals surface area contributed by atoms with E-state index in [1.54, 1.807) is 18.6 Å². The fourth-order valence-corrected chi connectivity index (χ4v) is 4.76. The summed E-state index contributed by atoms with van der Waals surface area (Å²) in [5, 5.41) is 7.52. The molecule has 5 rings (SSSR count). The van der Waals surface area contributed by atoms with Crippen LogP contribution in [0.2, 0.25) is 0 Å². The molecule has 0 bridgehead atoms. The highest BCUT2D eigenvalue weighted by Crippen LogP contribution is 2.31. The third-order valence-electron chi connectivity index (χ3n) is 6.26. The Morgan fingerprint density at radius 1 is 1.07 bits per heavy atom. The molecule has 2 amide bonds. The second kappa shape index (κ2) is 7.35. The third kappa shape index (κ3) is 3.28. The van der Waals surface area contributed by atoms with Crippen LogP contribution in [0.1, 0.15) is 46.4 Å². The maximum Gasteiger partial charge on any atom is 0.257 e. The van der Waals surface area contributed by atoms with Gasteiger partial charge in [-0.25, -0.2) is 4.98 Å². The Labute approximate surface area is 168 Å². The van der Waals surface area contributed by atoms with Crippen LogP contribution in [-0.2, 0) is 0 Å². The van der Waals surface area contributed by atoms with Gasteiger partial charge in [-0.15, -0.1) is 0 Å². The fourth-order valence-electron chi connectivity index (χ4n) is 4.76. The number of H-pyrrole nitrogens is 2. The van der Waals surface area contributed by atoms with Crippen LogP contribution in [0.15, 0.2) is 36.9 Å². The van der Waals surface area contributed by atoms with Crippen molar-refractivity contribution in [3.63, 3.8) is 0 Å². The van der Waals surface area contributed by atoms with Crippen LogP contribution in [0, 0.1) is 5.92 Å². The molecule has 8 heteroatoms. The van der Waals surface area contributed by atoms with Crippen molar-refractivity contribution in [3.05, 3.63) is 48.0 Å². The van der Waals surface area contributed by atoms with Crippen molar-refractivity contribution in [1.82, 2.24) is 30.0 Å². The number of carbonyl (C=O) groups excluding carboxylic acids is 2. The van der Waals surface area contributed by atoms with Gasteiger partial charge in [-0.2, -0.15) is 5.10 Å². The molecule has 2 N–H and O–H groups in total. The summed E-state index contributed by atoms with van der Waals surface area (Å²) in [7, 11) is 0. The van der Waals surface area contributed by atoms with Crippen LogP contribution in [0.25, 0.3) is 11.0 Å². The minimum absolute atomic E-state index is 0.0112. The molecule has 2 aliphatic rings. The second-order valence-corrected chi connectivity index (χ2v) is 7.99. The first-order chi connectivity index (χ1) is 14.2. The number of piperidine rings is 1. The topological polar surface area (TPSA) is 98.0 Å². The number of fused-ring (bicyclic) bond motifs is 1. The van der Waals surface area contributed by atoms with Crippen molar-refractivity contribution in [2.75, 3.05) is 19.6 Å². The number of pyridine rings is 1. The number of aromatic nitrogens is 4. The summed E-state index contributed by atoms with van der Waals surface area (Å²) in [6.45, 7) is 2.18. The zero-order chi connectivity index (χ0) is 19.8. The molecule has 5 heterocycles. The standard InChI is InChI=1S/C21H24N6O2/c28-20(17-11-24-25-12-17)26-8-5-15(13-26)18-3-1-2-7-27(18)21(29)16-9-14-4-6-22-19(14)23-10-16/h4,6,9-12,15,18H,1-3,5,7-8,13H2,(H,22,23)(H,24,25). The van der Waals surface area contributed by atoms with Crippen molar-refractivity contribution < 1.29 is 9.59 Å². The van der Waals surface area contributed by atoms with E-state index in [4.69, 9.17) is 0 Å². The second-order valence-electron chi connectivity index (χ2n) is 7.99. The summed E-state index contributed by atoms with van der Waals surface area (Å²) in [5.41, 5.74) is 2.02. The van der Waals surface area contributed by atoms with Gasteiger partial charge >= 0.3 is 0 Å². The van der Waals surface area contributed by atoms with Crippen LogP contribution in [0.5, 0.6) is 0 Å². The van der Waals surface area contributed by atoms with E-state index in [-0.39, 0.29) is 17.9 Å². The fraction of sp³-hybridized carbons (Fsp3) is 0.429. The molecule has 3 aromatic rings. The Morgan fingerprint density at radius 3 is 2.86 bits per heavy atom. The normalized spacial score (nSPS) is 22.3. The smallest absolute Gasteiger partial charge is 0.257 e. The van der Waals surface area contributed by atoms with Crippen LogP contribution in [0.3, 0.4) is 0 Å². The summed E-state index contributed by atoms with van der Waals surface area (Å²) in [4.78, 5) is 37.3. The van der Waals surface area contributed by atoms with E-state index in [1.165, 1.54) is 0 Å². The quantitative estimate of drug-likeness (QED) is 0.715. The Balaban J connectivity index is 1.33. The first kappa shape index (κ1) is 17.9. The van der Waals surface area contributed by atoms with Crippen LogP contribution >= 0.6 is 0 Å². The number of nitrogens with zero attached hydrogens (tertiary/aromatic N) is 4. The van der Waals surface area contributed by atoms with Gasteiger partial charge in [0.05, 0.1) is 17.3 Å². The molecule has 2 saturated heterocycles. The number of carbonyl (C=O) groups is 2. The van der Waals surface area contributed by atoms with E-state index in [0.717, 1.165) is 49.8 Å². The van der Waals surface area contributed by atoms with Crippen LogP contribution < -0.4 is 0 Å². The number of aromatic amines is 2. The molecule has 3 aromatic heterocycles. The molecule has 0 spiro atoms. The van der Waals surface area contributed by atoms with E-state index >= 15 is 0 Å². The summed E-state index contributed by atoms with van der Waals surface area (Å²) in [6.07, 6.45) is 10.8. The Kier molecular flexibility index (Phi) is 4.54. The molecule has 2 aliphatic heterocycles. The molecule has 29 heavy (non-hydrogen) atoms. The van der Waals surface area contributed by atoms with Gasteiger partial charge in [0.1, 0.15) is 5.65 Å². The van der Waals surface area contributed by atoms with Crippen molar-refractivity contribution in [3.8, 4) is 0 Å². The molecule has 0 aliphatic carbocycles. The van der Waals surface area contributed by atoms with Crippen molar-refractivity contribution >= 4 is 22.8 Å². The molecule has 2 unspecified atom stereocenters. The van der Waals surface area contributed by atoms with Gasteiger partial charge in [0.15, 0.2) is 0 Å². The summed E-state index contributed by atoms with van der Waals surface area (Å²) in [5.74, 6) is 0.362.